The number of nitrogens with zero attached hydrogens (tertiary/aromatic N) is 7. The van der Waals surface area contributed by atoms with E-state index in [1.807, 2.05) is 7.05 Å². The van der Waals surface area contributed by atoms with Crippen molar-refractivity contribution in [2.24, 2.45) is 30.8 Å². The molecular formula is C5H6N8O4. The minimum absolute atomic E-state index is 0.981. The van der Waals surface area contributed by atoms with E-state index in [-0.39, 0.29) is 0 Å². The molecule has 1 unspecified atom stereocenters. The van der Waals surface area contributed by atoms with Crippen LogP contribution in [0.3, 0.4) is 0 Å². The lowest BCUT2D eigenvalue weighted by molar-refractivity contribution is -0.778. The Bertz CT molecular complexity index is 399. The molecule has 1 atom stereocenters. The van der Waals surface area contributed by atoms with Crippen molar-refractivity contribution >= 4 is 18.6 Å². The van der Waals surface area contributed by atoms with Crippen LogP contribution in [0.1, 0.15) is 0 Å². The van der Waals surface area contributed by atoms with Gasteiger partial charge in [-0.3, -0.25) is 10.1 Å². The minimum Gasteiger partial charge on any atom is -0.540 e. The Kier molecular flexibility index (Phi) is 3.61. The van der Waals surface area contributed by atoms with Crippen LogP contribution in [0.15, 0.2) is 30.8 Å². The van der Waals surface area contributed by atoms with Gasteiger partial charge < -0.3 is 9.90 Å². The Morgan fingerprint density at radius 3 is 2.18 bits per heavy atom. The van der Waals surface area contributed by atoms with Crippen LogP contribution in [-0.4, -0.2) is 36.4 Å². The summed E-state index contributed by atoms with van der Waals surface area (Å²) >= 11 is 0. The second-order valence-electron chi connectivity index (χ2n) is 2.72. The number of aliphatic imine (C=N–C) groups is 1. The summed E-state index contributed by atoms with van der Waals surface area (Å²) in [5, 5.41) is 35.7. The van der Waals surface area contributed by atoms with E-state index >= 15 is 0 Å². The maximum absolute atomic E-state index is 10.1. The largest absolute Gasteiger partial charge is 0.540 e. The van der Waals surface area contributed by atoms with Crippen molar-refractivity contribution in [2.75, 3.05) is 7.05 Å². The molecule has 0 aromatic heterocycles. The molecule has 90 valence electrons. The summed E-state index contributed by atoms with van der Waals surface area (Å²) < 4.78 is 0. The zero-order valence-electron chi connectivity index (χ0n) is 8.42. The number of carboxylic acids is 1. The fourth-order valence-corrected chi connectivity index (χ4v) is 0.713. The maximum atomic E-state index is 10.1. The lowest BCUT2D eigenvalue weighted by atomic mass is 10.4. The average molecular weight is 242 g/mol. The molecule has 0 amide bonds. The third kappa shape index (κ3) is 2.69. The summed E-state index contributed by atoms with van der Waals surface area (Å²) in [5.74, 6) is -4.92. The maximum Gasteiger partial charge on any atom is 0.489 e. The van der Waals surface area contributed by atoms with Crippen molar-refractivity contribution in [3.05, 3.63) is 10.1 Å². The molecule has 0 radical (unpaired) electrons. The molecule has 0 saturated heterocycles. The highest BCUT2D eigenvalue weighted by molar-refractivity contribution is 5.74. The van der Waals surface area contributed by atoms with Crippen LogP contribution in [0.5, 0.6) is 0 Å². The Hall–Kier alpha value is -2.63. The fourth-order valence-electron chi connectivity index (χ4n) is 0.713. The van der Waals surface area contributed by atoms with Crippen molar-refractivity contribution in [1.29, 1.82) is 0 Å². The molecule has 0 aromatic rings. The van der Waals surface area contributed by atoms with Gasteiger partial charge in [0.2, 0.25) is 6.34 Å². The van der Waals surface area contributed by atoms with Gasteiger partial charge in [-0.25, -0.2) is 0 Å². The summed E-state index contributed by atoms with van der Waals surface area (Å²) in [6.07, 6.45) is 3.26. The molecule has 2 heterocycles. The molecule has 0 fully saturated rings. The van der Waals surface area contributed by atoms with Gasteiger partial charge in [0.15, 0.2) is 12.3 Å². The summed E-state index contributed by atoms with van der Waals surface area (Å²) in [5.41, 5.74) is 0. The number of nitrogens with one attached hydrogen (secondary N) is 1. The first-order chi connectivity index (χ1) is 7.99. The number of carbonyl (C=O) groups is 1. The highest BCUT2D eigenvalue weighted by Gasteiger charge is 2.49. The zero-order chi connectivity index (χ0) is 12.9. The number of carbonyl (C=O) groups excluding carboxylic acids is 1. The zero-order valence-corrected chi connectivity index (χ0v) is 8.42. The summed E-state index contributed by atoms with van der Waals surface area (Å²) in [6, 6.07) is 0. The molecule has 0 aliphatic carbocycles. The van der Waals surface area contributed by atoms with E-state index in [0.29, 0.717) is 0 Å². The molecule has 0 saturated carbocycles. The topological polar surface area (TPSA) is 162 Å². The second kappa shape index (κ2) is 4.93. The quantitative estimate of drug-likeness (QED) is 0.403. The number of carboxylic acid groups (broad SMARTS) is 1. The standard InChI is InChI=1S/C3H5N3.C2HN5O4/c1-6-3-4-2-5-6;8-1(9)2(7(10)11)3-5-6-4-2/h2-3H,1H3;(H,8,9). The van der Waals surface area contributed by atoms with Gasteiger partial charge in [-0.05, 0) is 10.4 Å². The van der Waals surface area contributed by atoms with Gasteiger partial charge in [0.05, 0.1) is 12.0 Å². The van der Waals surface area contributed by atoms with Gasteiger partial charge in [0.25, 0.3) is 0 Å². The van der Waals surface area contributed by atoms with Gasteiger partial charge in [0.1, 0.15) is 0 Å². The van der Waals surface area contributed by atoms with Crippen LogP contribution in [0, 0.1) is 10.1 Å². The smallest absolute Gasteiger partial charge is 0.489 e. The molecule has 2 rings (SSSR count). The number of hydrogen-bond acceptors (Lipinski definition) is 10. The third-order valence-electron chi connectivity index (χ3n) is 1.53. The van der Waals surface area contributed by atoms with Crippen molar-refractivity contribution in [3.8, 4) is 0 Å². The molecule has 17 heavy (non-hydrogen) atoms. The summed E-state index contributed by atoms with van der Waals surface area (Å²) in [7, 11) is 1.91. The molecule has 0 bridgehead atoms. The van der Waals surface area contributed by atoms with E-state index in [1.165, 1.54) is 6.34 Å². The SMILES string of the molecule is C[NH+]1C=NC=N1.O=C([O-])C1([N+](=O)[O-])N=NN=N1. The molecule has 1 N–H and O–H groups in total. The molecule has 12 heteroatoms. The van der Waals surface area contributed by atoms with Gasteiger partial charge in [-0.15, -0.1) is 0 Å². The normalized spacial score (nSPS) is 22.3. The van der Waals surface area contributed by atoms with E-state index in [4.69, 9.17) is 0 Å². The van der Waals surface area contributed by atoms with E-state index in [9.17, 15) is 20.0 Å². The second-order valence-corrected chi connectivity index (χ2v) is 2.72. The minimum atomic E-state index is -2.86. The Morgan fingerprint density at radius 1 is 1.41 bits per heavy atom. The van der Waals surface area contributed by atoms with Crippen LogP contribution in [-0.2, 0) is 4.79 Å². The monoisotopic (exact) mass is 242 g/mol. The van der Waals surface area contributed by atoms with Gasteiger partial charge >= 0.3 is 5.79 Å². The molecule has 0 aromatic carbocycles. The number of hydrogen-bond donors (Lipinski definition) is 1. The van der Waals surface area contributed by atoms with Gasteiger partial charge in [-0.1, -0.05) is 15.3 Å². The van der Waals surface area contributed by atoms with Crippen LogP contribution in [0.4, 0.5) is 0 Å². The first-order valence-corrected chi connectivity index (χ1v) is 4.08. The van der Waals surface area contributed by atoms with E-state index in [2.05, 4.69) is 30.8 Å². The summed E-state index contributed by atoms with van der Waals surface area (Å²) in [4.78, 5) is 22.6. The Labute approximate surface area is 93.2 Å². The number of aliphatic carboxylic acids is 1. The van der Waals surface area contributed by atoms with Crippen molar-refractivity contribution in [3.63, 3.8) is 0 Å². The van der Waals surface area contributed by atoms with Crippen LogP contribution >= 0.6 is 0 Å². The first kappa shape index (κ1) is 12.4. The van der Waals surface area contributed by atoms with Gasteiger partial charge in [-0.2, -0.15) is 10.0 Å². The highest BCUT2D eigenvalue weighted by Crippen LogP contribution is 2.19. The van der Waals surface area contributed by atoms with Crippen LogP contribution in [0.25, 0.3) is 0 Å². The highest BCUT2D eigenvalue weighted by atomic mass is 16.6. The summed E-state index contributed by atoms with van der Waals surface area (Å²) in [6.45, 7) is 0. The lowest BCUT2D eigenvalue weighted by Crippen LogP contribution is -3.01. The Balaban J connectivity index is 0.000000202. The molecule has 0 spiro atoms. The Morgan fingerprint density at radius 2 is 2.00 bits per heavy atom. The number of quaternary nitrogens is 1. The fraction of sp³-hybridized carbons (Fsp3) is 0.400. The number of nitro groups is 1. The van der Waals surface area contributed by atoms with E-state index in [0.717, 1.165) is 5.01 Å². The first-order valence-electron chi connectivity index (χ1n) is 4.08. The third-order valence-corrected chi connectivity index (χ3v) is 1.53. The van der Waals surface area contributed by atoms with Gasteiger partial charge in [0, 0.05) is 0 Å². The van der Waals surface area contributed by atoms with Crippen molar-refractivity contribution in [1.82, 2.24) is 0 Å². The molecule has 2 aliphatic rings. The van der Waals surface area contributed by atoms with E-state index in [1.54, 1.807) is 6.34 Å². The van der Waals surface area contributed by atoms with Crippen molar-refractivity contribution in [2.45, 2.75) is 5.79 Å². The molecular weight excluding hydrogens is 236 g/mol. The molecule has 12 nitrogen and oxygen atoms in total. The van der Waals surface area contributed by atoms with Crippen molar-refractivity contribution < 1.29 is 19.8 Å². The van der Waals surface area contributed by atoms with Crippen LogP contribution < -0.4 is 10.1 Å². The predicted molar refractivity (Wildman–Crippen MR) is 48.3 cm³/mol. The average Bonchev–Trinajstić information content (AvgIpc) is 2.88. The molecule has 2 aliphatic heterocycles. The number of rotatable bonds is 2. The predicted octanol–water partition coefficient (Wildman–Crippen LogP) is -3.01. The lowest BCUT2D eigenvalue weighted by Gasteiger charge is -2.09. The van der Waals surface area contributed by atoms with E-state index < -0.39 is 16.7 Å². The van der Waals surface area contributed by atoms with Crippen LogP contribution in [0.2, 0.25) is 0 Å².